The minimum absolute atomic E-state index is 0.737. The molecule has 1 aromatic carbocycles. The van der Waals surface area contributed by atoms with Gasteiger partial charge in [-0.3, -0.25) is 0 Å². The van der Waals surface area contributed by atoms with E-state index in [1.165, 1.54) is 52.4 Å². The Bertz CT molecular complexity index is 624. The van der Waals surface area contributed by atoms with Crippen molar-refractivity contribution in [3.05, 3.63) is 40.4 Å². The number of hydrogen-bond donors (Lipinski definition) is 1. The molecule has 20 heavy (non-hydrogen) atoms. The molecular weight excluding hydrogens is 264 g/mol. The van der Waals surface area contributed by atoms with Crippen molar-refractivity contribution in [3.8, 4) is 10.6 Å². The van der Waals surface area contributed by atoms with Crippen LogP contribution in [-0.2, 0) is 6.54 Å². The molecule has 0 unspecified atom stereocenters. The SMILES string of the molecule is Cc1cccc(-c2nc(C3CC3)c(CNC3CC3)s2)c1. The summed E-state index contributed by atoms with van der Waals surface area (Å²) in [5.74, 6) is 0.737. The highest BCUT2D eigenvalue weighted by atomic mass is 32.1. The fourth-order valence-electron chi connectivity index (χ4n) is 2.59. The van der Waals surface area contributed by atoms with Crippen molar-refractivity contribution in [2.24, 2.45) is 0 Å². The van der Waals surface area contributed by atoms with E-state index in [2.05, 4.69) is 36.5 Å². The summed E-state index contributed by atoms with van der Waals surface area (Å²) in [4.78, 5) is 6.43. The van der Waals surface area contributed by atoms with Gasteiger partial charge in [0, 0.05) is 28.9 Å². The van der Waals surface area contributed by atoms with E-state index >= 15 is 0 Å². The van der Waals surface area contributed by atoms with Crippen molar-refractivity contribution in [1.82, 2.24) is 10.3 Å². The number of nitrogens with zero attached hydrogens (tertiary/aromatic N) is 1. The number of aromatic nitrogens is 1. The monoisotopic (exact) mass is 284 g/mol. The summed E-state index contributed by atoms with van der Waals surface area (Å²) in [5, 5.41) is 4.84. The molecule has 0 radical (unpaired) electrons. The minimum atomic E-state index is 0.737. The number of nitrogens with one attached hydrogen (secondary N) is 1. The number of thiazole rings is 1. The average Bonchev–Trinajstić information content (AvgIpc) is 3.36. The lowest BCUT2D eigenvalue weighted by Gasteiger charge is -2.01. The highest BCUT2D eigenvalue weighted by Gasteiger charge is 2.30. The third kappa shape index (κ3) is 2.65. The molecule has 1 heterocycles. The number of hydrogen-bond acceptors (Lipinski definition) is 3. The lowest BCUT2D eigenvalue weighted by molar-refractivity contribution is 0.688. The molecule has 0 atom stereocenters. The van der Waals surface area contributed by atoms with Crippen LogP contribution in [0.25, 0.3) is 10.6 Å². The van der Waals surface area contributed by atoms with Gasteiger partial charge in [0.25, 0.3) is 0 Å². The molecule has 2 saturated carbocycles. The number of aryl methyl sites for hydroxylation is 1. The molecule has 3 heteroatoms. The zero-order valence-electron chi connectivity index (χ0n) is 11.9. The predicted octanol–water partition coefficient (Wildman–Crippen LogP) is 4.25. The second-order valence-electron chi connectivity index (χ2n) is 6.13. The molecule has 2 aliphatic carbocycles. The Labute approximate surface area is 124 Å². The Morgan fingerprint density at radius 1 is 1.25 bits per heavy atom. The van der Waals surface area contributed by atoms with Crippen molar-refractivity contribution in [1.29, 1.82) is 0 Å². The molecule has 0 aliphatic heterocycles. The van der Waals surface area contributed by atoms with E-state index < -0.39 is 0 Å². The number of benzene rings is 1. The van der Waals surface area contributed by atoms with Gasteiger partial charge >= 0.3 is 0 Å². The molecule has 0 spiro atoms. The van der Waals surface area contributed by atoms with Crippen LogP contribution in [0, 0.1) is 6.92 Å². The Balaban J connectivity index is 1.63. The topological polar surface area (TPSA) is 24.9 Å². The minimum Gasteiger partial charge on any atom is -0.309 e. The van der Waals surface area contributed by atoms with Gasteiger partial charge in [-0.1, -0.05) is 23.8 Å². The van der Waals surface area contributed by atoms with E-state index in [0.717, 1.165) is 18.5 Å². The van der Waals surface area contributed by atoms with Gasteiger partial charge in [0.15, 0.2) is 0 Å². The zero-order chi connectivity index (χ0) is 13.5. The van der Waals surface area contributed by atoms with Crippen LogP contribution in [0.1, 0.15) is 47.7 Å². The molecule has 1 aromatic heterocycles. The van der Waals surface area contributed by atoms with Gasteiger partial charge in [0.1, 0.15) is 5.01 Å². The molecule has 2 fully saturated rings. The highest BCUT2D eigenvalue weighted by Crippen LogP contribution is 2.44. The van der Waals surface area contributed by atoms with E-state index in [0.29, 0.717) is 0 Å². The van der Waals surface area contributed by atoms with Crippen LogP contribution in [0.4, 0.5) is 0 Å². The highest BCUT2D eigenvalue weighted by molar-refractivity contribution is 7.15. The van der Waals surface area contributed by atoms with Gasteiger partial charge in [-0.25, -0.2) is 4.98 Å². The first-order valence-electron chi connectivity index (χ1n) is 7.59. The molecule has 0 bridgehead atoms. The summed E-state index contributed by atoms with van der Waals surface area (Å²) < 4.78 is 0. The van der Waals surface area contributed by atoms with E-state index in [1.54, 1.807) is 0 Å². The maximum Gasteiger partial charge on any atom is 0.123 e. The molecule has 2 aromatic rings. The first-order valence-corrected chi connectivity index (χ1v) is 8.41. The van der Waals surface area contributed by atoms with Crippen molar-refractivity contribution < 1.29 is 0 Å². The van der Waals surface area contributed by atoms with Gasteiger partial charge < -0.3 is 5.32 Å². The second kappa shape index (κ2) is 4.97. The molecule has 1 N–H and O–H groups in total. The van der Waals surface area contributed by atoms with Crippen molar-refractivity contribution in [2.75, 3.05) is 0 Å². The zero-order valence-corrected chi connectivity index (χ0v) is 12.7. The van der Waals surface area contributed by atoms with Gasteiger partial charge in [0.05, 0.1) is 5.69 Å². The van der Waals surface area contributed by atoms with Crippen LogP contribution in [0.15, 0.2) is 24.3 Å². The van der Waals surface area contributed by atoms with Crippen molar-refractivity contribution >= 4 is 11.3 Å². The molecule has 0 amide bonds. The van der Waals surface area contributed by atoms with Gasteiger partial charge in [-0.15, -0.1) is 11.3 Å². The van der Waals surface area contributed by atoms with E-state index in [9.17, 15) is 0 Å². The lowest BCUT2D eigenvalue weighted by atomic mass is 10.1. The molecule has 104 valence electrons. The standard InChI is InChI=1S/C17H20N2S/c1-11-3-2-4-13(9-11)17-19-16(12-5-6-12)15(20-17)10-18-14-7-8-14/h2-4,9,12,14,18H,5-8,10H2,1H3. The van der Waals surface area contributed by atoms with Crippen LogP contribution in [0.5, 0.6) is 0 Å². The summed E-state index contributed by atoms with van der Waals surface area (Å²) in [6, 6.07) is 9.47. The normalized spacial score (nSPS) is 18.4. The maximum atomic E-state index is 4.96. The molecular formula is C17H20N2S. The first kappa shape index (κ1) is 12.5. The van der Waals surface area contributed by atoms with Gasteiger partial charge in [-0.05, 0) is 38.7 Å². The summed E-state index contributed by atoms with van der Waals surface area (Å²) >= 11 is 1.89. The van der Waals surface area contributed by atoms with Crippen LogP contribution in [0.2, 0.25) is 0 Å². The van der Waals surface area contributed by atoms with Crippen molar-refractivity contribution in [3.63, 3.8) is 0 Å². The predicted molar refractivity (Wildman–Crippen MR) is 84.1 cm³/mol. The Hall–Kier alpha value is -1.19. The van der Waals surface area contributed by atoms with Crippen LogP contribution in [0.3, 0.4) is 0 Å². The molecule has 2 aliphatic rings. The molecule has 2 nitrogen and oxygen atoms in total. The summed E-state index contributed by atoms with van der Waals surface area (Å²) in [6.07, 6.45) is 5.35. The molecule has 0 saturated heterocycles. The first-order chi connectivity index (χ1) is 9.79. The largest absolute Gasteiger partial charge is 0.309 e. The lowest BCUT2D eigenvalue weighted by Crippen LogP contribution is -2.15. The Morgan fingerprint density at radius 2 is 2.10 bits per heavy atom. The van der Waals surface area contributed by atoms with Crippen LogP contribution >= 0.6 is 11.3 Å². The third-order valence-electron chi connectivity index (χ3n) is 4.09. The number of rotatable bonds is 5. The average molecular weight is 284 g/mol. The third-order valence-corrected chi connectivity index (χ3v) is 5.21. The second-order valence-corrected chi connectivity index (χ2v) is 7.21. The van der Waals surface area contributed by atoms with Crippen LogP contribution < -0.4 is 5.32 Å². The van der Waals surface area contributed by atoms with Gasteiger partial charge in [0.2, 0.25) is 0 Å². The van der Waals surface area contributed by atoms with E-state index in [-0.39, 0.29) is 0 Å². The summed E-state index contributed by atoms with van der Waals surface area (Å²) in [7, 11) is 0. The van der Waals surface area contributed by atoms with Gasteiger partial charge in [-0.2, -0.15) is 0 Å². The van der Waals surface area contributed by atoms with Crippen LogP contribution in [-0.4, -0.2) is 11.0 Å². The quantitative estimate of drug-likeness (QED) is 0.888. The van der Waals surface area contributed by atoms with E-state index in [4.69, 9.17) is 4.98 Å². The molecule has 4 rings (SSSR count). The summed E-state index contributed by atoms with van der Waals surface area (Å²) in [6.45, 7) is 3.16. The fraction of sp³-hybridized carbons (Fsp3) is 0.471. The maximum absolute atomic E-state index is 4.96. The summed E-state index contributed by atoms with van der Waals surface area (Å²) in [5.41, 5.74) is 3.96. The fourth-order valence-corrected chi connectivity index (χ4v) is 3.69. The Kier molecular flexibility index (Phi) is 3.12. The Morgan fingerprint density at radius 3 is 2.80 bits per heavy atom. The smallest absolute Gasteiger partial charge is 0.123 e. The van der Waals surface area contributed by atoms with Crippen molar-refractivity contribution in [2.45, 2.75) is 51.1 Å². The van der Waals surface area contributed by atoms with E-state index in [1.807, 2.05) is 11.3 Å².